The molecule has 0 radical (unpaired) electrons. The van der Waals surface area contributed by atoms with Crippen LogP contribution in [0.5, 0.6) is 0 Å². The fourth-order valence-corrected chi connectivity index (χ4v) is 3.30. The number of hydrogen-bond acceptors (Lipinski definition) is 2. The second-order valence-electron chi connectivity index (χ2n) is 7.20. The van der Waals surface area contributed by atoms with Gasteiger partial charge in [0.25, 0.3) is 0 Å². The number of carbonyl (C=O) groups is 1. The number of amides is 2. The maximum Gasteiger partial charge on any atom is 0.317 e. The Labute approximate surface area is 146 Å². The van der Waals surface area contributed by atoms with Gasteiger partial charge < -0.3 is 14.8 Å². The van der Waals surface area contributed by atoms with Crippen molar-refractivity contribution in [3.05, 3.63) is 53.4 Å². The predicted octanol–water partition coefficient (Wildman–Crippen LogP) is 3.05. The Morgan fingerprint density at radius 2 is 2.00 bits per heavy atom. The summed E-state index contributed by atoms with van der Waals surface area (Å²) in [6.07, 6.45) is 4.58. The van der Waals surface area contributed by atoms with E-state index < -0.39 is 0 Å². The molecule has 0 atom stereocenters. The maximum absolute atomic E-state index is 12.9. The van der Waals surface area contributed by atoms with Crippen molar-refractivity contribution in [3.63, 3.8) is 0 Å². The van der Waals surface area contributed by atoms with Gasteiger partial charge in [0.15, 0.2) is 0 Å². The third-order valence-electron chi connectivity index (χ3n) is 5.11. The molecular weight excluding hydrogens is 319 g/mol. The summed E-state index contributed by atoms with van der Waals surface area (Å²) in [5, 5.41) is 2.89. The normalized spacial score (nSPS) is 17.4. The SMILES string of the molecule is Cc1cnc(C2CN(C(=O)NCc3ccc(F)cc3)C2)n1CC1CC1. The van der Waals surface area contributed by atoms with E-state index in [1.807, 2.05) is 6.20 Å². The monoisotopic (exact) mass is 342 g/mol. The van der Waals surface area contributed by atoms with Crippen LogP contribution in [0, 0.1) is 18.7 Å². The number of nitrogens with one attached hydrogen (secondary N) is 1. The van der Waals surface area contributed by atoms with Crippen LogP contribution in [0.15, 0.2) is 30.5 Å². The lowest BCUT2D eigenvalue weighted by molar-refractivity contribution is 0.146. The molecule has 2 amide bonds. The van der Waals surface area contributed by atoms with Crippen molar-refractivity contribution < 1.29 is 9.18 Å². The van der Waals surface area contributed by atoms with Gasteiger partial charge in [-0.15, -0.1) is 0 Å². The third kappa shape index (κ3) is 3.52. The molecule has 2 fully saturated rings. The van der Waals surface area contributed by atoms with E-state index in [1.165, 1.54) is 30.7 Å². The fourth-order valence-electron chi connectivity index (χ4n) is 3.30. The summed E-state index contributed by atoms with van der Waals surface area (Å²) in [5.74, 6) is 1.98. The van der Waals surface area contributed by atoms with Gasteiger partial charge in [0.1, 0.15) is 11.6 Å². The molecule has 1 saturated carbocycles. The van der Waals surface area contributed by atoms with E-state index in [4.69, 9.17) is 0 Å². The number of aryl methyl sites for hydroxylation is 1. The summed E-state index contributed by atoms with van der Waals surface area (Å²) >= 11 is 0. The van der Waals surface area contributed by atoms with Crippen LogP contribution in [0.25, 0.3) is 0 Å². The van der Waals surface area contributed by atoms with E-state index >= 15 is 0 Å². The van der Waals surface area contributed by atoms with E-state index in [0.717, 1.165) is 23.9 Å². The zero-order valence-corrected chi connectivity index (χ0v) is 14.4. The first kappa shape index (κ1) is 16.1. The minimum absolute atomic E-state index is 0.0717. The molecule has 5 nitrogen and oxygen atoms in total. The lowest BCUT2D eigenvalue weighted by Gasteiger charge is -2.39. The van der Waals surface area contributed by atoms with Crippen molar-refractivity contribution in [1.29, 1.82) is 0 Å². The van der Waals surface area contributed by atoms with Crippen molar-refractivity contribution in [1.82, 2.24) is 19.8 Å². The van der Waals surface area contributed by atoms with Gasteiger partial charge in [-0.05, 0) is 43.4 Å². The van der Waals surface area contributed by atoms with Crippen LogP contribution in [0.2, 0.25) is 0 Å². The highest BCUT2D eigenvalue weighted by atomic mass is 19.1. The quantitative estimate of drug-likeness (QED) is 0.908. The summed E-state index contributed by atoms with van der Waals surface area (Å²) < 4.78 is 15.2. The van der Waals surface area contributed by atoms with Crippen molar-refractivity contribution in [2.24, 2.45) is 5.92 Å². The number of urea groups is 1. The highest BCUT2D eigenvalue weighted by molar-refractivity contribution is 5.75. The van der Waals surface area contributed by atoms with Gasteiger partial charge in [-0.25, -0.2) is 14.2 Å². The molecule has 1 aliphatic carbocycles. The molecule has 25 heavy (non-hydrogen) atoms. The van der Waals surface area contributed by atoms with Gasteiger partial charge in [-0.2, -0.15) is 0 Å². The molecular formula is C19H23FN4O. The van der Waals surface area contributed by atoms with Gasteiger partial charge in [-0.3, -0.25) is 0 Å². The molecule has 1 N–H and O–H groups in total. The molecule has 0 bridgehead atoms. The first-order valence-electron chi connectivity index (χ1n) is 8.89. The first-order valence-corrected chi connectivity index (χ1v) is 8.89. The number of aromatic nitrogens is 2. The number of benzene rings is 1. The Morgan fingerprint density at radius 3 is 2.68 bits per heavy atom. The number of carbonyl (C=O) groups excluding carboxylic acids is 1. The highest BCUT2D eigenvalue weighted by Gasteiger charge is 2.35. The summed E-state index contributed by atoms with van der Waals surface area (Å²) in [5.41, 5.74) is 2.10. The van der Waals surface area contributed by atoms with Crippen LogP contribution in [0.1, 0.15) is 35.8 Å². The second kappa shape index (κ2) is 6.50. The lowest BCUT2D eigenvalue weighted by Crippen LogP contribution is -2.53. The zero-order valence-electron chi connectivity index (χ0n) is 14.4. The maximum atomic E-state index is 12.9. The highest BCUT2D eigenvalue weighted by Crippen LogP contribution is 2.34. The number of halogens is 1. The lowest BCUT2D eigenvalue weighted by atomic mass is 9.99. The van der Waals surface area contributed by atoms with Crippen LogP contribution in [-0.4, -0.2) is 33.6 Å². The number of hydrogen-bond donors (Lipinski definition) is 1. The Kier molecular flexibility index (Phi) is 4.19. The molecule has 1 saturated heterocycles. The van der Waals surface area contributed by atoms with Crippen molar-refractivity contribution in [2.45, 2.75) is 38.8 Å². The molecule has 1 aromatic carbocycles. The van der Waals surface area contributed by atoms with E-state index in [1.54, 1.807) is 17.0 Å². The first-order chi connectivity index (χ1) is 12.1. The molecule has 0 spiro atoms. The number of likely N-dealkylation sites (tertiary alicyclic amines) is 1. The average Bonchev–Trinajstić information content (AvgIpc) is 3.31. The number of rotatable bonds is 5. The van der Waals surface area contributed by atoms with Crippen LogP contribution < -0.4 is 5.32 Å². The topological polar surface area (TPSA) is 50.2 Å². The Morgan fingerprint density at radius 1 is 1.28 bits per heavy atom. The van der Waals surface area contributed by atoms with Crippen molar-refractivity contribution in [3.8, 4) is 0 Å². The molecule has 2 aliphatic rings. The van der Waals surface area contributed by atoms with Crippen LogP contribution in [0.4, 0.5) is 9.18 Å². The molecule has 2 aromatic rings. The average molecular weight is 342 g/mol. The van der Waals surface area contributed by atoms with Crippen molar-refractivity contribution in [2.75, 3.05) is 13.1 Å². The fraction of sp³-hybridized carbons (Fsp3) is 0.474. The summed E-state index contributed by atoms with van der Waals surface area (Å²) in [4.78, 5) is 18.6. The molecule has 1 aliphatic heterocycles. The van der Waals surface area contributed by atoms with Gasteiger partial charge in [0.05, 0.1) is 5.92 Å². The van der Waals surface area contributed by atoms with E-state index in [0.29, 0.717) is 25.6 Å². The molecule has 1 aromatic heterocycles. The Bertz CT molecular complexity index is 760. The minimum atomic E-state index is -0.266. The minimum Gasteiger partial charge on any atom is -0.334 e. The van der Waals surface area contributed by atoms with E-state index in [9.17, 15) is 9.18 Å². The molecule has 4 rings (SSSR count). The van der Waals surface area contributed by atoms with Gasteiger partial charge in [0.2, 0.25) is 0 Å². The molecule has 6 heteroatoms. The standard InChI is InChI=1S/C19H23FN4O/c1-13-8-21-18(24(13)10-15-2-3-15)16-11-23(12-16)19(25)22-9-14-4-6-17(20)7-5-14/h4-8,15-16H,2-3,9-12H2,1H3,(H,22,25). The number of imidazole rings is 1. The van der Waals surface area contributed by atoms with Crippen LogP contribution in [0.3, 0.4) is 0 Å². The summed E-state index contributed by atoms with van der Waals surface area (Å²) in [6, 6.07) is 6.11. The van der Waals surface area contributed by atoms with Crippen LogP contribution >= 0.6 is 0 Å². The van der Waals surface area contributed by atoms with E-state index in [2.05, 4.69) is 21.8 Å². The third-order valence-corrected chi connectivity index (χ3v) is 5.11. The zero-order chi connectivity index (χ0) is 17.4. The molecule has 132 valence electrons. The second-order valence-corrected chi connectivity index (χ2v) is 7.20. The largest absolute Gasteiger partial charge is 0.334 e. The smallest absolute Gasteiger partial charge is 0.317 e. The van der Waals surface area contributed by atoms with Gasteiger partial charge in [0, 0.05) is 38.1 Å². The molecule has 2 heterocycles. The van der Waals surface area contributed by atoms with Crippen molar-refractivity contribution >= 4 is 6.03 Å². The Balaban J connectivity index is 1.29. The molecule has 0 unspecified atom stereocenters. The Hall–Kier alpha value is -2.37. The van der Waals surface area contributed by atoms with Gasteiger partial charge in [-0.1, -0.05) is 12.1 Å². The number of nitrogens with zero attached hydrogens (tertiary/aromatic N) is 3. The van der Waals surface area contributed by atoms with Crippen LogP contribution in [-0.2, 0) is 13.1 Å². The summed E-state index contributed by atoms with van der Waals surface area (Å²) in [6.45, 7) is 4.99. The van der Waals surface area contributed by atoms with Gasteiger partial charge >= 0.3 is 6.03 Å². The van der Waals surface area contributed by atoms with E-state index in [-0.39, 0.29) is 11.8 Å². The summed E-state index contributed by atoms with van der Waals surface area (Å²) in [7, 11) is 0. The predicted molar refractivity (Wildman–Crippen MR) is 92.6 cm³/mol.